The number of carbonyl (C=O) groups excluding carboxylic acids is 1. The second-order valence-electron chi connectivity index (χ2n) is 5.21. The molecule has 0 unspecified atom stereocenters. The molecule has 114 valence electrons. The van der Waals surface area contributed by atoms with Crippen LogP contribution in [-0.4, -0.2) is 43.4 Å². The first kappa shape index (κ1) is 17.3. The van der Waals surface area contributed by atoms with Gasteiger partial charge in [-0.3, -0.25) is 0 Å². The number of carbonyl (C=O) groups is 1. The summed E-state index contributed by atoms with van der Waals surface area (Å²) in [4.78, 5) is 12.3. The van der Waals surface area contributed by atoms with Gasteiger partial charge in [-0.05, 0) is 30.6 Å². The lowest BCUT2D eigenvalue weighted by Crippen LogP contribution is -2.08. The molecule has 1 rings (SSSR count). The number of anilines is 2. The van der Waals surface area contributed by atoms with Crippen LogP contribution in [0.25, 0.3) is 0 Å². The minimum absolute atomic E-state index is 0.209. The monoisotopic (exact) mass is 336 g/mol. The summed E-state index contributed by atoms with van der Waals surface area (Å²) in [5.41, 5.74) is 12.7. The van der Waals surface area contributed by atoms with Crippen LogP contribution in [0.2, 0.25) is 5.02 Å². The van der Waals surface area contributed by atoms with Gasteiger partial charge in [-0.15, -0.1) is 11.8 Å². The summed E-state index contributed by atoms with van der Waals surface area (Å²) in [6.45, 7) is 0. The minimum atomic E-state index is -0.566. The van der Waals surface area contributed by atoms with E-state index in [9.17, 15) is 4.79 Å². The highest BCUT2D eigenvalue weighted by atomic mass is 35.5. The largest absolute Gasteiger partial charge is 0.465 e. The Morgan fingerprint density at radius 3 is 2.50 bits per heavy atom. The van der Waals surface area contributed by atoms with Crippen molar-refractivity contribution in [2.75, 3.05) is 48.9 Å². The fraction of sp³-hybridized carbons (Fsp3) is 0.462. The van der Waals surface area contributed by atoms with Crippen LogP contribution in [0.5, 0.6) is 0 Å². The highest BCUT2D eigenvalue weighted by molar-refractivity contribution is 8.32. The number of nitrogen functional groups attached to an aromatic ring is 2. The van der Waals surface area contributed by atoms with Crippen LogP contribution in [0, 0.1) is 0 Å². The summed E-state index contributed by atoms with van der Waals surface area (Å²) in [5, 5.41) is 0.333. The number of benzene rings is 1. The molecule has 0 aliphatic carbocycles. The zero-order valence-electron chi connectivity index (χ0n) is 12.2. The predicted molar refractivity (Wildman–Crippen MR) is 92.6 cm³/mol. The van der Waals surface area contributed by atoms with E-state index in [2.05, 4.69) is 23.5 Å². The van der Waals surface area contributed by atoms with Crippen LogP contribution in [0.1, 0.15) is 10.4 Å². The van der Waals surface area contributed by atoms with Crippen molar-refractivity contribution in [3.63, 3.8) is 0 Å². The smallest absolute Gasteiger partial charge is 0.340 e. The van der Waals surface area contributed by atoms with Crippen LogP contribution < -0.4 is 11.5 Å². The number of nitrogens with two attached hydrogens (primary N) is 2. The average Bonchev–Trinajstić information content (AvgIpc) is 2.35. The van der Waals surface area contributed by atoms with Crippen molar-refractivity contribution in [2.24, 2.45) is 0 Å². The van der Waals surface area contributed by atoms with E-state index in [1.807, 2.05) is 0 Å². The van der Waals surface area contributed by atoms with E-state index in [0.717, 1.165) is 16.4 Å². The van der Waals surface area contributed by atoms with Gasteiger partial charge in [0, 0.05) is 11.4 Å². The molecule has 0 atom stereocenters. The molecule has 0 heterocycles. The topological polar surface area (TPSA) is 78.3 Å². The third-order valence-corrected chi connectivity index (χ3v) is 5.96. The summed E-state index contributed by atoms with van der Waals surface area (Å²) >= 11 is 7.80. The molecule has 1 aromatic carbocycles. The number of methoxy groups -OCH3 is 1. The summed E-state index contributed by atoms with van der Waals surface area (Å²) < 4.78 is 4.66. The second kappa shape index (κ2) is 6.83. The van der Waals surface area contributed by atoms with Gasteiger partial charge in [-0.25, -0.2) is 14.8 Å². The Kier molecular flexibility index (Phi) is 5.91. The second-order valence-corrected chi connectivity index (χ2v) is 11.3. The van der Waals surface area contributed by atoms with Crippen molar-refractivity contribution in [3.8, 4) is 0 Å². The average molecular weight is 337 g/mol. The number of halogens is 1. The van der Waals surface area contributed by atoms with Crippen LogP contribution in [0.3, 0.4) is 0 Å². The van der Waals surface area contributed by atoms with Gasteiger partial charge in [0.2, 0.25) is 0 Å². The first-order valence-corrected chi connectivity index (χ1v) is 10.3. The molecule has 0 fully saturated rings. The molecule has 0 saturated carbocycles. The highest BCUT2D eigenvalue weighted by Gasteiger charge is 2.19. The Bertz CT molecular complexity index is 516. The summed E-state index contributed by atoms with van der Waals surface area (Å²) in [5.74, 6) is 1.48. The molecule has 0 saturated heterocycles. The maximum atomic E-state index is 11.6. The van der Waals surface area contributed by atoms with Crippen LogP contribution in [-0.2, 0) is 4.74 Å². The Hall–Kier alpha value is -0.720. The van der Waals surface area contributed by atoms with Gasteiger partial charge in [-0.2, -0.15) is 0 Å². The summed E-state index contributed by atoms with van der Waals surface area (Å²) in [7, 11) is 0.727. The zero-order chi connectivity index (χ0) is 15.5. The normalized spacial score (nSPS) is 12.2. The molecular weight excluding hydrogens is 316 g/mol. The van der Waals surface area contributed by atoms with Crippen molar-refractivity contribution in [2.45, 2.75) is 4.90 Å². The Morgan fingerprint density at radius 1 is 1.40 bits per heavy atom. The van der Waals surface area contributed by atoms with Crippen LogP contribution in [0.15, 0.2) is 11.0 Å². The molecule has 4 nitrogen and oxygen atoms in total. The first-order valence-electron chi connectivity index (χ1n) is 5.92. The van der Waals surface area contributed by atoms with Crippen LogP contribution >= 0.6 is 33.4 Å². The van der Waals surface area contributed by atoms with Crippen molar-refractivity contribution in [3.05, 3.63) is 16.7 Å². The molecule has 0 aliphatic heterocycles. The third-order valence-electron chi connectivity index (χ3n) is 2.64. The molecule has 0 radical (unpaired) electrons. The number of esters is 1. The van der Waals surface area contributed by atoms with E-state index < -0.39 is 16.0 Å². The Balaban J connectivity index is 2.99. The lowest BCUT2D eigenvalue weighted by Gasteiger charge is -2.24. The first-order chi connectivity index (χ1) is 9.17. The third kappa shape index (κ3) is 4.40. The Morgan fingerprint density at radius 2 is 2.00 bits per heavy atom. The predicted octanol–water partition coefficient (Wildman–Crippen LogP) is 3.08. The SMILES string of the molecule is COC(=O)c1cc(N)c(SCCS(C)(C)C)c(Cl)c1N. The van der Waals surface area contributed by atoms with Gasteiger partial charge in [0.1, 0.15) is 0 Å². The minimum Gasteiger partial charge on any atom is -0.465 e. The van der Waals surface area contributed by atoms with Gasteiger partial charge in [0.25, 0.3) is 0 Å². The number of hydrogen-bond acceptors (Lipinski definition) is 5. The van der Waals surface area contributed by atoms with Crippen molar-refractivity contribution < 1.29 is 9.53 Å². The van der Waals surface area contributed by atoms with E-state index in [-0.39, 0.29) is 11.3 Å². The molecule has 0 spiro atoms. The van der Waals surface area contributed by atoms with E-state index in [1.165, 1.54) is 13.2 Å². The maximum Gasteiger partial charge on any atom is 0.340 e. The molecule has 0 aromatic heterocycles. The molecule has 0 amide bonds. The molecule has 20 heavy (non-hydrogen) atoms. The lowest BCUT2D eigenvalue weighted by molar-refractivity contribution is 0.0602. The summed E-state index contributed by atoms with van der Waals surface area (Å²) in [6.07, 6.45) is 6.77. The number of hydrogen-bond donors (Lipinski definition) is 2. The van der Waals surface area contributed by atoms with Gasteiger partial charge in [-0.1, -0.05) is 11.6 Å². The van der Waals surface area contributed by atoms with Crippen molar-refractivity contribution in [1.29, 1.82) is 0 Å². The highest BCUT2D eigenvalue weighted by Crippen LogP contribution is 2.41. The van der Waals surface area contributed by atoms with E-state index in [1.54, 1.807) is 11.8 Å². The number of rotatable bonds is 5. The fourth-order valence-corrected chi connectivity index (χ4v) is 4.86. The van der Waals surface area contributed by atoms with Gasteiger partial charge < -0.3 is 16.2 Å². The standard InChI is InChI=1S/C13H21ClN2O2S2/c1-18-13(17)8-7-9(15)12(10(14)11(8)16)19-5-6-20(2,3)4/h7H,5-6,15-16H2,1-4H3. The quantitative estimate of drug-likeness (QED) is 0.491. The zero-order valence-corrected chi connectivity index (χ0v) is 14.5. The molecule has 0 bridgehead atoms. The maximum absolute atomic E-state index is 11.6. The molecule has 0 aliphatic rings. The number of ether oxygens (including phenoxy) is 1. The van der Waals surface area contributed by atoms with Crippen LogP contribution in [0.4, 0.5) is 11.4 Å². The fourth-order valence-electron chi connectivity index (χ4n) is 1.49. The Labute approximate surface area is 130 Å². The van der Waals surface area contributed by atoms with Gasteiger partial charge >= 0.3 is 5.97 Å². The van der Waals surface area contributed by atoms with E-state index >= 15 is 0 Å². The van der Waals surface area contributed by atoms with Gasteiger partial charge in [0.05, 0.1) is 28.3 Å². The molecule has 7 heteroatoms. The van der Waals surface area contributed by atoms with Crippen molar-refractivity contribution in [1.82, 2.24) is 0 Å². The van der Waals surface area contributed by atoms with E-state index in [4.69, 9.17) is 23.1 Å². The van der Waals surface area contributed by atoms with E-state index in [0.29, 0.717) is 10.7 Å². The number of thioether (sulfide) groups is 1. The van der Waals surface area contributed by atoms with Gasteiger partial charge in [0.15, 0.2) is 0 Å². The lowest BCUT2D eigenvalue weighted by atomic mass is 10.1. The molecule has 1 aromatic rings. The summed E-state index contributed by atoms with van der Waals surface area (Å²) in [6, 6.07) is 1.53. The molecule has 4 N–H and O–H groups in total. The van der Waals surface area contributed by atoms with Crippen molar-refractivity contribution >= 4 is 50.7 Å². The molecular formula is C13H21ClN2O2S2.